The van der Waals surface area contributed by atoms with Crippen LogP contribution in [0.2, 0.25) is 0 Å². The third-order valence-corrected chi connectivity index (χ3v) is 5.82. The molecule has 4 rings (SSSR count). The maximum Gasteiger partial charge on any atom is 0.266 e. The Morgan fingerprint density at radius 3 is 2.38 bits per heavy atom. The number of amidine groups is 1. The van der Waals surface area contributed by atoms with Crippen molar-refractivity contribution in [3.63, 3.8) is 0 Å². The van der Waals surface area contributed by atoms with Gasteiger partial charge in [0.1, 0.15) is 12.4 Å². The monoisotopic (exact) mass is 443 g/mol. The normalized spacial score (nSPS) is 16.0. The van der Waals surface area contributed by atoms with Crippen molar-refractivity contribution in [1.29, 1.82) is 0 Å². The Balaban J connectivity index is 1.44. The van der Waals surface area contributed by atoms with Crippen molar-refractivity contribution in [1.82, 2.24) is 4.90 Å². The van der Waals surface area contributed by atoms with E-state index in [1.807, 2.05) is 60.7 Å². The van der Waals surface area contributed by atoms with E-state index < -0.39 is 5.97 Å². The molecular formula is C25H19N2O4S-. The minimum Gasteiger partial charge on any atom is -0.545 e. The van der Waals surface area contributed by atoms with E-state index in [2.05, 4.69) is 4.99 Å². The van der Waals surface area contributed by atoms with E-state index >= 15 is 0 Å². The van der Waals surface area contributed by atoms with Crippen LogP contribution in [0, 0.1) is 0 Å². The Bertz CT molecular complexity index is 1190. The highest BCUT2D eigenvalue weighted by atomic mass is 32.2. The molecule has 0 spiro atoms. The number of aromatic carboxylic acids is 1. The number of hydrogen-bond acceptors (Lipinski definition) is 6. The number of aliphatic imine (C=N–C) groups is 1. The van der Waals surface area contributed by atoms with Crippen molar-refractivity contribution in [2.24, 2.45) is 4.99 Å². The third-order valence-electron chi connectivity index (χ3n) is 4.76. The fourth-order valence-electron chi connectivity index (χ4n) is 2.99. The number of nitrogens with zero attached hydrogens (tertiary/aromatic N) is 2. The fraction of sp³-hybridized carbons (Fsp3) is 0.0800. The average molecular weight is 444 g/mol. The first-order valence-electron chi connectivity index (χ1n) is 9.84. The predicted molar refractivity (Wildman–Crippen MR) is 123 cm³/mol. The number of ether oxygens (including phenoxy) is 1. The zero-order valence-electron chi connectivity index (χ0n) is 17.2. The van der Waals surface area contributed by atoms with Crippen LogP contribution in [-0.2, 0) is 11.4 Å². The van der Waals surface area contributed by atoms with Crippen molar-refractivity contribution in [2.75, 3.05) is 7.05 Å². The number of carbonyl (C=O) groups is 2. The number of hydrogen-bond donors (Lipinski definition) is 0. The molecule has 32 heavy (non-hydrogen) atoms. The largest absolute Gasteiger partial charge is 0.545 e. The van der Waals surface area contributed by atoms with Crippen LogP contribution >= 0.6 is 11.8 Å². The first-order chi connectivity index (χ1) is 15.5. The number of rotatable bonds is 6. The Labute approximate surface area is 189 Å². The van der Waals surface area contributed by atoms with E-state index in [4.69, 9.17) is 4.74 Å². The molecule has 0 aliphatic carbocycles. The first-order valence-corrected chi connectivity index (χ1v) is 10.7. The molecule has 0 N–H and O–H groups in total. The molecule has 0 radical (unpaired) electrons. The van der Waals surface area contributed by atoms with Gasteiger partial charge < -0.3 is 14.6 Å². The van der Waals surface area contributed by atoms with Crippen LogP contribution in [0.25, 0.3) is 6.08 Å². The average Bonchev–Trinajstić information content (AvgIpc) is 3.07. The van der Waals surface area contributed by atoms with Gasteiger partial charge in [-0.1, -0.05) is 54.6 Å². The van der Waals surface area contributed by atoms with Crippen LogP contribution < -0.4 is 9.84 Å². The van der Waals surface area contributed by atoms with Gasteiger partial charge in [-0.05, 0) is 58.8 Å². The van der Waals surface area contributed by atoms with Crippen LogP contribution in [0.3, 0.4) is 0 Å². The lowest BCUT2D eigenvalue weighted by Gasteiger charge is -2.07. The van der Waals surface area contributed by atoms with E-state index in [9.17, 15) is 14.7 Å². The highest BCUT2D eigenvalue weighted by Gasteiger charge is 2.30. The maximum atomic E-state index is 12.6. The van der Waals surface area contributed by atoms with Crippen LogP contribution in [-0.4, -0.2) is 29.0 Å². The predicted octanol–water partition coefficient (Wildman–Crippen LogP) is 3.86. The van der Waals surface area contributed by atoms with E-state index in [0.29, 0.717) is 22.4 Å². The van der Waals surface area contributed by atoms with Crippen molar-refractivity contribution in [3.8, 4) is 5.75 Å². The Kier molecular flexibility index (Phi) is 6.37. The van der Waals surface area contributed by atoms with Gasteiger partial charge in [0.05, 0.1) is 16.6 Å². The number of carboxylic acid groups (broad SMARTS) is 1. The summed E-state index contributed by atoms with van der Waals surface area (Å²) < 4.78 is 5.80. The van der Waals surface area contributed by atoms with Gasteiger partial charge in [-0.15, -0.1) is 0 Å². The molecule has 3 aromatic rings. The summed E-state index contributed by atoms with van der Waals surface area (Å²) in [5.41, 5.74) is 2.60. The van der Waals surface area contributed by atoms with Gasteiger partial charge in [0, 0.05) is 7.05 Å². The van der Waals surface area contributed by atoms with E-state index in [1.54, 1.807) is 19.2 Å². The molecule has 7 heteroatoms. The zero-order chi connectivity index (χ0) is 22.5. The quantitative estimate of drug-likeness (QED) is 0.541. The molecule has 0 saturated carbocycles. The Morgan fingerprint density at radius 1 is 1.03 bits per heavy atom. The molecular weight excluding hydrogens is 424 g/mol. The maximum absolute atomic E-state index is 12.6. The molecule has 3 aromatic carbocycles. The summed E-state index contributed by atoms with van der Waals surface area (Å²) in [6.45, 7) is 0.490. The topological polar surface area (TPSA) is 82.0 Å². The molecule has 1 fully saturated rings. The molecule has 1 aliphatic heterocycles. The molecule has 0 aromatic heterocycles. The van der Waals surface area contributed by atoms with Crippen LogP contribution in [0.4, 0.5) is 5.69 Å². The van der Waals surface area contributed by atoms with Gasteiger partial charge in [0.25, 0.3) is 5.91 Å². The van der Waals surface area contributed by atoms with Crippen LogP contribution in [0.15, 0.2) is 88.8 Å². The number of benzene rings is 3. The molecule has 160 valence electrons. The summed E-state index contributed by atoms with van der Waals surface area (Å²) in [7, 11) is 1.66. The van der Waals surface area contributed by atoms with E-state index in [1.165, 1.54) is 28.8 Å². The first kappa shape index (κ1) is 21.4. The molecule has 6 nitrogen and oxygen atoms in total. The summed E-state index contributed by atoms with van der Waals surface area (Å²) in [5, 5.41) is 11.4. The van der Waals surface area contributed by atoms with Gasteiger partial charge >= 0.3 is 0 Å². The number of carboxylic acids is 1. The van der Waals surface area contributed by atoms with Gasteiger partial charge in [0.2, 0.25) is 0 Å². The fourth-order valence-corrected chi connectivity index (χ4v) is 3.97. The summed E-state index contributed by atoms with van der Waals surface area (Å²) in [5.74, 6) is -0.640. The summed E-state index contributed by atoms with van der Waals surface area (Å²) >= 11 is 1.27. The van der Waals surface area contributed by atoms with E-state index in [0.717, 1.165) is 16.9 Å². The van der Waals surface area contributed by atoms with Gasteiger partial charge in [-0.25, -0.2) is 4.99 Å². The summed E-state index contributed by atoms with van der Waals surface area (Å²) in [6, 6.07) is 23.5. The third kappa shape index (κ3) is 5.07. The molecule has 0 atom stereocenters. The Morgan fingerprint density at radius 2 is 1.72 bits per heavy atom. The molecule has 1 heterocycles. The highest BCUT2D eigenvalue weighted by molar-refractivity contribution is 8.18. The highest BCUT2D eigenvalue weighted by Crippen LogP contribution is 2.33. The van der Waals surface area contributed by atoms with E-state index in [-0.39, 0.29) is 11.5 Å². The summed E-state index contributed by atoms with van der Waals surface area (Å²) in [6.07, 6.45) is 1.81. The minimum absolute atomic E-state index is 0.0780. The Hall–Kier alpha value is -3.84. The van der Waals surface area contributed by atoms with Gasteiger partial charge in [-0.3, -0.25) is 9.69 Å². The number of carbonyl (C=O) groups excluding carboxylic acids is 2. The lowest BCUT2D eigenvalue weighted by atomic mass is 10.2. The smallest absolute Gasteiger partial charge is 0.266 e. The lowest BCUT2D eigenvalue weighted by molar-refractivity contribution is -0.255. The molecule has 1 saturated heterocycles. The molecule has 0 bridgehead atoms. The molecule has 1 aliphatic rings. The standard InChI is InChI=1S/C25H20N2O4S/c1-27-23(28)22(32-25(27)26-20-11-9-19(10-12-20)24(29)30)15-17-7-13-21(14-8-17)31-16-18-5-3-2-4-6-18/h2-15H,16H2,1H3,(H,29,30)/p-1/b22-15-,26-25?. The number of thioether (sulfide) groups is 1. The molecule has 0 unspecified atom stereocenters. The minimum atomic E-state index is -1.24. The van der Waals surface area contributed by atoms with Gasteiger partial charge in [0.15, 0.2) is 5.17 Å². The van der Waals surface area contributed by atoms with Crippen molar-refractivity contribution >= 4 is 40.6 Å². The zero-order valence-corrected chi connectivity index (χ0v) is 18.0. The summed E-state index contributed by atoms with van der Waals surface area (Å²) in [4.78, 5) is 30.0. The lowest BCUT2D eigenvalue weighted by Crippen LogP contribution is -2.23. The van der Waals surface area contributed by atoms with Crippen molar-refractivity contribution in [3.05, 3.63) is 100 Å². The molecule has 1 amide bonds. The second-order valence-corrected chi connectivity index (χ2v) is 8.06. The second kappa shape index (κ2) is 9.53. The second-order valence-electron chi connectivity index (χ2n) is 7.05. The van der Waals surface area contributed by atoms with Crippen LogP contribution in [0.5, 0.6) is 5.75 Å². The van der Waals surface area contributed by atoms with Crippen molar-refractivity contribution < 1.29 is 19.4 Å². The van der Waals surface area contributed by atoms with Crippen molar-refractivity contribution in [2.45, 2.75) is 6.61 Å². The van der Waals surface area contributed by atoms with Gasteiger partial charge in [-0.2, -0.15) is 0 Å². The van der Waals surface area contributed by atoms with Crippen LogP contribution in [0.1, 0.15) is 21.5 Å². The SMILES string of the molecule is CN1C(=O)/C(=C/c2ccc(OCc3ccccc3)cc2)SC1=Nc1ccc(C(=O)[O-])cc1. The number of likely N-dealkylation sites (N-methyl/N-ethyl adjacent to an activating group) is 1. The number of amides is 1.